The zero-order valence-corrected chi connectivity index (χ0v) is 10.3. The van der Waals surface area contributed by atoms with Crippen molar-refractivity contribution in [2.45, 2.75) is 18.2 Å². The second kappa shape index (κ2) is 4.03. The molecule has 0 aliphatic carbocycles. The summed E-state index contributed by atoms with van der Waals surface area (Å²) < 4.78 is 24.3. The van der Waals surface area contributed by atoms with Gasteiger partial charge in [-0.3, -0.25) is 0 Å². The summed E-state index contributed by atoms with van der Waals surface area (Å²) in [6.07, 6.45) is 2.35. The molecular weight excluding hydrogens is 222 g/mol. The van der Waals surface area contributed by atoms with Crippen LogP contribution in [0.5, 0.6) is 0 Å². The molecule has 0 spiro atoms. The fourth-order valence-electron chi connectivity index (χ4n) is 1.91. The summed E-state index contributed by atoms with van der Waals surface area (Å²) in [4.78, 5) is 0.977. The molecule has 3 nitrogen and oxygen atoms in total. The molecule has 0 aromatic heterocycles. The molecule has 0 unspecified atom stereocenters. The molecule has 1 heterocycles. The molecule has 1 aromatic rings. The van der Waals surface area contributed by atoms with Crippen molar-refractivity contribution in [3.05, 3.63) is 34.2 Å². The van der Waals surface area contributed by atoms with E-state index in [0.29, 0.717) is 22.8 Å². The van der Waals surface area contributed by atoms with Gasteiger partial charge in [-0.2, -0.15) is 0 Å². The summed E-state index contributed by atoms with van der Waals surface area (Å²) in [5.41, 5.74) is 1.87. The van der Waals surface area contributed by atoms with E-state index in [1.54, 1.807) is 18.2 Å². The molecule has 2 rings (SSSR count). The largest absolute Gasteiger partial charge is 0.319 e. The van der Waals surface area contributed by atoms with E-state index in [-0.39, 0.29) is 0 Å². The van der Waals surface area contributed by atoms with E-state index in [1.807, 2.05) is 20.0 Å². The number of hydrogen-bond acceptors (Lipinski definition) is 3. The zero-order valence-electron chi connectivity index (χ0n) is 9.45. The maximum absolute atomic E-state index is 12.1. The van der Waals surface area contributed by atoms with Crippen molar-refractivity contribution in [2.75, 3.05) is 13.6 Å². The fourth-order valence-corrected chi connectivity index (χ4v) is 3.60. The number of sulfone groups is 1. The van der Waals surface area contributed by atoms with Crippen LogP contribution in [0.1, 0.15) is 17.5 Å². The topological polar surface area (TPSA) is 46.2 Å². The van der Waals surface area contributed by atoms with Crippen LogP contribution in [0.2, 0.25) is 0 Å². The fraction of sp³-hybridized carbons (Fsp3) is 0.333. The molecule has 0 saturated carbocycles. The molecular formula is C12H15NO2S. The molecule has 4 heteroatoms. The van der Waals surface area contributed by atoms with E-state index in [9.17, 15) is 8.42 Å². The van der Waals surface area contributed by atoms with E-state index in [2.05, 4.69) is 5.32 Å². The van der Waals surface area contributed by atoms with Gasteiger partial charge in [-0.25, -0.2) is 8.42 Å². The van der Waals surface area contributed by atoms with Crippen LogP contribution in [0.15, 0.2) is 28.0 Å². The molecule has 1 aromatic carbocycles. The van der Waals surface area contributed by atoms with Crippen molar-refractivity contribution < 1.29 is 8.42 Å². The van der Waals surface area contributed by atoms with Gasteiger partial charge in [0.25, 0.3) is 0 Å². The molecule has 1 aliphatic heterocycles. The predicted octanol–water partition coefficient (Wildman–Crippen LogP) is 1.73. The molecule has 1 N–H and O–H groups in total. The Kier molecular flexibility index (Phi) is 2.86. The molecule has 0 bridgehead atoms. The lowest BCUT2D eigenvalue weighted by molar-refractivity contribution is 0.600. The lowest BCUT2D eigenvalue weighted by Gasteiger charge is -2.03. The van der Waals surface area contributed by atoms with E-state index in [0.717, 1.165) is 11.1 Å². The van der Waals surface area contributed by atoms with Crippen molar-refractivity contribution in [1.29, 1.82) is 0 Å². The Morgan fingerprint density at radius 3 is 2.69 bits per heavy atom. The average Bonchev–Trinajstić information content (AvgIpc) is 2.50. The Hall–Kier alpha value is -1.13. The highest BCUT2D eigenvalue weighted by molar-refractivity contribution is 7.95. The minimum Gasteiger partial charge on any atom is -0.319 e. The van der Waals surface area contributed by atoms with Crippen LogP contribution >= 0.6 is 0 Å². The normalized spacial score (nSPS) is 17.0. The first kappa shape index (κ1) is 11.4. The van der Waals surface area contributed by atoms with Crippen molar-refractivity contribution in [2.24, 2.45) is 0 Å². The second-order valence-electron chi connectivity index (χ2n) is 3.95. The van der Waals surface area contributed by atoms with Gasteiger partial charge in [0.15, 0.2) is 0 Å². The van der Waals surface area contributed by atoms with E-state index in [4.69, 9.17) is 0 Å². The molecule has 16 heavy (non-hydrogen) atoms. The third-order valence-electron chi connectivity index (χ3n) is 2.85. The van der Waals surface area contributed by atoms with Crippen molar-refractivity contribution in [3.8, 4) is 0 Å². The van der Waals surface area contributed by atoms with Gasteiger partial charge in [-0.05, 0) is 50.2 Å². The molecule has 0 saturated heterocycles. The third kappa shape index (κ3) is 1.68. The van der Waals surface area contributed by atoms with E-state index in [1.165, 1.54) is 0 Å². The first-order valence-electron chi connectivity index (χ1n) is 5.27. The Balaban J connectivity index is 2.49. The van der Waals surface area contributed by atoms with Gasteiger partial charge in [0.1, 0.15) is 0 Å². The Bertz CT molecular complexity index is 544. The van der Waals surface area contributed by atoms with Crippen molar-refractivity contribution >= 4 is 15.9 Å². The summed E-state index contributed by atoms with van der Waals surface area (Å²) in [6.45, 7) is 2.62. The molecule has 0 amide bonds. The molecule has 0 radical (unpaired) electrons. The van der Waals surface area contributed by atoms with Gasteiger partial charge >= 0.3 is 0 Å². The molecule has 0 fully saturated rings. The van der Waals surface area contributed by atoms with Crippen molar-refractivity contribution in [1.82, 2.24) is 5.32 Å². The Morgan fingerprint density at radius 2 is 2.06 bits per heavy atom. The average molecular weight is 237 g/mol. The van der Waals surface area contributed by atoms with Crippen LogP contribution in [0.25, 0.3) is 6.08 Å². The van der Waals surface area contributed by atoms with Gasteiger partial charge in [0.05, 0.1) is 9.80 Å². The highest BCUT2D eigenvalue weighted by Crippen LogP contribution is 2.35. The zero-order chi connectivity index (χ0) is 11.8. The molecule has 86 valence electrons. The summed E-state index contributed by atoms with van der Waals surface area (Å²) in [6, 6.07) is 5.41. The van der Waals surface area contributed by atoms with Crippen LogP contribution < -0.4 is 5.32 Å². The predicted molar refractivity (Wildman–Crippen MR) is 64.9 cm³/mol. The summed E-state index contributed by atoms with van der Waals surface area (Å²) in [5.74, 6) is 0. The number of hydrogen-bond donors (Lipinski definition) is 1. The minimum absolute atomic E-state index is 0.457. The standard InChI is InChI=1S/C12H15NO2S/c1-9-4-3-5-12-11(9)8-10(6-7-13-2)16(12,14)15/h3-5,8,13H,6-7H2,1-2H3. The quantitative estimate of drug-likeness (QED) is 0.871. The van der Waals surface area contributed by atoms with Gasteiger partial charge in [-0.1, -0.05) is 12.1 Å². The van der Waals surface area contributed by atoms with Crippen LogP contribution in [0.3, 0.4) is 0 Å². The lowest BCUT2D eigenvalue weighted by atomic mass is 10.1. The van der Waals surface area contributed by atoms with Gasteiger partial charge in [0, 0.05) is 0 Å². The highest BCUT2D eigenvalue weighted by atomic mass is 32.2. The first-order chi connectivity index (χ1) is 7.57. The summed E-state index contributed by atoms with van der Waals surface area (Å²) in [7, 11) is -1.40. The number of rotatable bonds is 3. The van der Waals surface area contributed by atoms with Crippen LogP contribution in [0, 0.1) is 6.92 Å². The SMILES string of the molecule is CNCCC1=Cc2c(C)cccc2S1(=O)=O. The smallest absolute Gasteiger partial charge is 0.203 e. The summed E-state index contributed by atoms with van der Waals surface area (Å²) >= 11 is 0. The number of aryl methyl sites for hydroxylation is 1. The molecule has 0 atom stereocenters. The maximum atomic E-state index is 12.1. The number of nitrogens with one attached hydrogen (secondary N) is 1. The van der Waals surface area contributed by atoms with Crippen LogP contribution in [-0.2, 0) is 9.84 Å². The van der Waals surface area contributed by atoms with Gasteiger partial charge < -0.3 is 5.32 Å². The minimum atomic E-state index is -3.22. The number of fused-ring (bicyclic) bond motifs is 1. The highest BCUT2D eigenvalue weighted by Gasteiger charge is 2.29. The summed E-state index contributed by atoms with van der Waals surface area (Å²) in [5, 5.41) is 2.97. The Morgan fingerprint density at radius 1 is 1.31 bits per heavy atom. The first-order valence-corrected chi connectivity index (χ1v) is 6.75. The molecule has 1 aliphatic rings. The lowest BCUT2D eigenvalue weighted by Crippen LogP contribution is -2.11. The second-order valence-corrected chi connectivity index (χ2v) is 5.93. The van der Waals surface area contributed by atoms with Gasteiger partial charge in [0.2, 0.25) is 9.84 Å². The number of benzene rings is 1. The monoisotopic (exact) mass is 237 g/mol. The van der Waals surface area contributed by atoms with Crippen molar-refractivity contribution in [3.63, 3.8) is 0 Å². The van der Waals surface area contributed by atoms with Crippen LogP contribution in [0.4, 0.5) is 0 Å². The maximum Gasteiger partial charge on any atom is 0.203 e. The van der Waals surface area contributed by atoms with Crippen LogP contribution in [-0.4, -0.2) is 22.0 Å². The van der Waals surface area contributed by atoms with Gasteiger partial charge in [-0.15, -0.1) is 0 Å². The van der Waals surface area contributed by atoms with E-state index < -0.39 is 9.84 Å². The Labute approximate surface area is 96.1 Å². The third-order valence-corrected chi connectivity index (χ3v) is 4.79. The van der Waals surface area contributed by atoms with E-state index >= 15 is 0 Å².